The van der Waals surface area contributed by atoms with Crippen molar-refractivity contribution in [2.24, 2.45) is 0 Å². The number of para-hydroxylation sites is 1. The summed E-state index contributed by atoms with van der Waals surface area (Å²) in [6, 6.07) is 27.6. The van der Waals surface area contributed by atoms with E-state index in [9.17, 15) is 22.8 Å². The second-order valence-electron chi connectivity index (χ2n) is 15.9. The average molecular weight is 1030 g/mol. The lowest BCUT2D eigenvalue weighted by Gasteiger charge is -2.14. The van der Waals surface area contributed by atoms with Gasteiger partial charge in [0.25, 0.3) is 0 Å². The fraction of sp³-hybridized carbons (Fsp3) is 0.509. The Kier molecular flexibility index (Phi) is 28.8. The van der Waals surface area contributed by atoms with Crippen LogP contribution in [0.25, 0.3) is 11.1 Å². The van der Waals surface area contributed by atoms with Crippen LogP contribution in [0, 0.1) is 0 Å². The largest absolute Gasteiger partial charge is 0.460 e. The molecule has 0 saturated heterocycles. The van der Waals surface area contributed by atoms with Crippen molar-refractivity contribution in [1.82, 2.24) is 5.32 Å². The Morgan fingerprint density at radius 2 is 0.836 bits per heavy atom. The Morgan fingerprint density at radius 1 is 0.438 bits per heavy atom. The molecule has 0 aromatic heterocycles. The lowest BCUT2D eigenvalue weighted by atomic mass is 9.98. The topological polar surface area (TPSA) is 178 Å². The van der Waals surface area contributed by atoms with Crippen LogP contribution in [0.15, 0.2) is 97.1 Å². The van der Waals surface area contributed by atoms with Gasteiger partial charge in [0.1, 0.15) is 13.2 Å². The zero-order valence-corrected chi connectivity index (χ0v) is 41.3. The molecule has 1 amide bonds. The smallest absolute Gasteiger partial charge is 0.416 e. The number of benzene rings is 4. The van der Waals surface area contributed by atoms with Gasteiger partial charge in [0.2, 0.25) is 0 Å². The van der Waals surface area contributed by atoms with Gasteiger partial charge in [-0.15, -0.1) is 0 Å². The summed E-state index contributed by atoms with van der Waals surface area (Å²) in [6.45, 7) is 9.51. The highest BCUT2D eigenvalue weighted by Gasteiger charge is 2.31. The number of ether oxygens (including phenoxy) is 13. The van der Waals surface area contributed by atoms with E-state index in [2.05, 4.69) is 34.9 Å². The maximum Gasteiger partial charge on any atom is 0.416 e. The van der Waals surface area contributed by atoms with Gasteiger partial charge in [-0.1, -0.05) is 66.7 Å². The van der Waals surface area contributed by atoms with Gasteiger partial charge in [0.05, 0.1) is 162 Å². The zero-order chi connectivity index (χ0) is 51.4. The van der Waals surface area contributed by atoms with Crippen LogP contribution < -0.4 is 10.6 Å². The SMILES string of the molecule is O=C(NCCOCCOCCOCCOCCOCCOCCOCCOCCOCCOCCOCCOC(=O)c1ccccc1Nc1cccc(C(F)(F)F)c1)OCC1c2ccccc2-c2ccccc21. The van der Waals surface area contributed by atoms with Crippen LogP contribution in [0.1, 0.15) is 33.0 Å². The third kappa shape index (κ3) is 23.7. The summed E-state index contributed by atoms with van der Waals surface area (Å²) >= 11 is 0. The fourth-order valence-electron chi connectivity index (χ4n) is 7.15. The van der Waals surface area contributed by atoms with Gasteiger partial charge >= 0.3 is 18.2 Å². The van der Waals surface area contributed by atoms with E-state index in [0.29, 0.717) is 144 Å². The van der Waals surface area contributed by atoms with E-state index in [1.54, 1.807) is 18.2 Å². The molecule has 0 radical (unpaired) electrons. The summed E-state index contributed by atoms with van der Waals surface area (Å²) in [5, 5.41) is 5.60. The summed E-state index contributed by atoms with van der Waals surface area (Å²) in [6.07, 6.45) is -4.95. The Balaban J connectivity index is 0.676. The van der Waals surface area contributed by atoms with Crippen LogP contribution in [0.3, 0.4) is 0 Å². The maximum atomic E-state index is 13.1. The molecule has 0 bridgehead atoms. The van der Waals surface area contributed by atoms with Crippen molar-refractivity contribution in [3.63, 3.8) is 0 Å². The molecule has 4 aromatic rings. The highest BCUT2D eigenvalue weighted by Crippen LogP contribution is 2.44. The number of nitrogens with one attached hydrogen (secondary N) is 2. The highest BCUT2D eigenvalue weighted by atomic mass is 19.4. The minimum absolute atomic E-state index is 0.0108. The lowest BCUT2D eigenvalue weighted by Crippen LogP contribution is -2.29. The molecule has 1 aliphatic carbocycles. The van der Waals surface area contributed by atoms with Crippen LogP contribution in [-0.4, -0.2) is 177 Å². The van der Waals surface area contributed by atoms with E-state index >= 15 is 0 Å². The Hall–Kier alpha value is -5.23. The Labute approximate surface area is 425 Å². The number of alkyl halides is 3. The number of esters is 1. The van der Waals surface area contributed by atoms with Gasteiger partial charge in [-0.25, -0.2) is 9.59 Å². The number of halogens is 3. The van der Waals surface area contributed by atoms with E-state index in [1.807, 2.05) is 24.3 Å². The fourth-order valence-corrected chi connectivity index (χ4v) is 7.15. The predicted octanol–water partition coefficient (Wildman–Crippen LogP) is 7.33. The molecule has 0 unspecified atom stereocenters. The normalized spacial score (nSPS) is 12.2. The molecule has 4 aromatic carbocycles. The molecular weight excluding hydrogens is 962 g/mol. The Morgan fingerprint density at radius 3 is 1.29 bits per heavy atom. The first kappa shape index (κ1) is 58.7. The van der Waals surface area contributed by atoms with E-state index in [1.165, 1.54) is 40.5 Å². The Bertz CT molecular complexity index is 2090. The number of alkyl carbamates (subject to hydrolysis) is 1. The van der Waals surface area contributed by atoms with Crippen LogP contribution in [0.4, 0.5) is 29.3 Å². The number of amides is 1. The minimum Gasteiger partial charge on any atom is -0.460 e. The van der Waals surface area contributed by atoms with Crippen molar-refractivity contribution < 1.29 is 84.3 Å². The molecule has 0 heterocycles. The number of carbonyl (C=O) groups is 2. The average Bonchev–Trinajstić information content (AvgIpc) is 3.72. The zero-order valence-electron chi connectivity index (χ0n) is 41.3. The van der Waals surface area contributed by atoms with Crippen LogP contribution in [0.5, 0.6) is 0 Å². The molecular formula is C53H69F3N2O15. The second kappa shape index (κ2) is 35.8. The summed E-state index contributed by atoms with van der Waals surface area (Å²) in [7, 11) is 0. The first-order valence-corrected chi connectivity index (χ1v) is 24.5. The van der Waals surface area contributed by atoms with Gasteiger partial charge in [-0.05, 0) is 52.6 Å². The number of hydrogen-bond acceptors (Lipinski definition) is 16. The molecule has 0 atom stereocenters. The van der Waals surface area contributed by atoms with Gasteiger partial charge in [-0.3, -0.25) is 0 Å². The monoisotopic (exact) mass is 1030 g/mol. The summed E-state index contributed by atoms with van der Waals surface area (Å²) < 4.78 is 111. The van der Waals surface area contributed by atoms with E-state index in [4.69, 9.17) is 61.6 Å². The number of anilines is 2. The van der Waals surface area contributed by atoms with E-state index in [0.717, 1.165) is 12.1 Å². The van der Waals surface area contributed by atoms with Crippen molar-refractivity contribution in [3.05, 3.63) is 119 Å². The summed E-state index contributed by atoms with van der Waals surface area (Å²) in [5.41, 5.74) is 4.61. The summed E-state index contributed by atoms with van der Waals surface area (Å²) in [4.78, 5) is 24.9. The van der Waals surface area contributed by atoms with Crippen molar-refractivity contribution in [3.8, 4) is 11.1 Å². The van der Waals surface area contributed by atoms with Gasteiger partial charge in [0.15, 0.2) is 0 Å². The van der Waals surface area contributed by atoms with Crippen molar-refractivity contribution in [2.45, 2.75) is 12.1 Å². The summed E-state index contributed by atoms with van der Waals surface area (Å²) in [5.74, 6) is -0.613. The molecule has 1 aliphatic rings. The first-order chi connectivity index (χ1) is 35.8. The highest BCUT2D eigenvalue weighted by molar-refractivity contribution is 5.96. The molecule has 0 fully saturated rings. The third-order valence-electron chi connectivity index (χ3n) is 10.7. The van der Waals surface area contributed by atoms with Crippen LogP contribution in [-0.2, 0) is 67.8 Å². The number of carbonyl (C=O) groups excluding carboxylic acids is 2. The van der Waals surface area contributed by atoms with Gasteiger partial charge in [0, 0.05) is 18.2 Å². The first-order valence-electron chi connectivity index (χ1n) is 24.5. The van der Waals surface area contributed by atoms with Crippen molar-refractivity contribution in [1.29, 1.82) is 0 Å². The molecule has 0 saturated carbocycles. The third-order valence-corrected chi connectivity index (χ3v) is 10.7. The molecule has 402 valence electrons. The van der Waals surface area contributed by atoms with Gasteiger partial charge < -0.3 is 72.2 Å². The van der Waals surface area contributed by atoms with Crippen molar-refractivity contribution >= 4 is 23.4 Å². The van der Waals surface area contributed by atoms with E-state index < -0.39 is 23.8 Å². The maximum absolute atomic E-state index is 13.1. The quantitative estimate of drug-likeness (QED) is 0.0333. The minimum atomic E-state index is -4.49. The molecule has 20 heteroatoms. The molecule has 17 nitrogen and oxygen atoms in total. The number of fused-ring (bicyclic) bond motifs is 3. The van der Waals surface area contributed by atoms with Crippen molar-refractivity contribution in [2.75, 3.05) is 170 Å². The molecule has 5 rings (SSSR count). The lowest BCUT2D eigenvalue weighted by molar-refractivity contribution is -0.137. The number of hydrogen-bond donors (Lipinski definition) is 2. The number of rotatable bonds is 41. The molecule has 2 N–H and O–H groups in total. The second-order valence-corrected chi connectivity index (χ2v) is 15.9. The molecule has 73 heavy (non-hydrogen) atoms. The van der Waals surface area contributed by atoms with E-state index in [-0.39, 0.29) is 43.6 Å². The van der Waals surface area contributed by atoms with Crippen LogP contribution in [0.2, 0.25) is 0 Å². The predicted molar refractivity (Wildman–Crippen MR) is 264 cm³/mol. The molecule has 0 spiro atoms. The molecule has 0 aliphatic heterocycles. The van der Waals surface area contributed by atoms with Gasteiger partial charge in [-0.2, -0.15) is 13.2 Å². The standard InChI is InChI=1S/C53H69F3N2O15/c54-53(55,56)42-8-7-9-43(40-42)58-50-15-6-5-14-48(50)51(59)72-39-38-71-37-36-70-35-34-69-33-32-68-31-30-67-29-28-66-27-26-65-25-24-64-23-22-63-21-20-62-19-18-61-17-16-57-52(60)73-41-49-46-12-3-1-10-44(46)45-11-2-4-13-47(45)49/h1-15,40,49,58H,16-39,41H2,(H,57,60). The van der Waals surface area contributed by atoms with Crippen LogP contribution >= 0.6 is 0 Å².